The minimum absolute atomic E-state index is 0.124. The number of para-hydroxylation sites is 1. The Bertz CT molecular complexity index is 1170. The number of hydrazine groups is 1. The number of hydrogen-bond acceptors (Lipinski definition) is 6. The SMILES string of the molecule is COC(=O)c1cccc(C(=O)NC(=S)NNC(=O)COc2ccccc2-c2ccccc2)c1. The van der Waals surface area contributed by atoms with Crippen LogP contribution in [0.15, 0.2) is 78.9 Å². The molecule has 0 atom stereocenters. The number of thiocarbonyl (C=S) groups is 1. The summed E-state index contributed by atoms with van der Waals surface area (Å²) in [6.45, 7) is -0.269. The monoisotopic (exact) mass is 463 g/mol. The molecule has 8 nitrogen and oxygen atoms in total. The molecule has 0 bridgehead atoms. The second-order valence-electron chi connectivity index (χ2n) is 6.68. The Morgan fingerprint density at radius 3 is 2.30 bits per heavy atom. The van der Waals surface area contributed by atoms with Crippen LogP contribution in [0.4, 0.5) is 0 Å². The van der Waals surface area contributed by atoms with Crippen molar-refractivity contribution in [1.82, 2.24) is 16.2 Å². The Kier molecular flexibility index (Phi) is 8.09. The third-order valence-corrected chi connectivity index (χ3v) is 4.62. The van der Waals surface area contributed by atoms with Crippen molar-refractivity contribution in [2.24, 2.45) is 0 Å². The van der Waals surface area contributed by atoms with E-state index in [4.69, 9.17) is 17.0 Å². The molecule has 3 N–H and O–H groups in total. The topological polar surface area (TPSA) is 106 Å². The number of methoxy groups -OCH3 is 1. The first-order valence-electron chi connectivity index (χ1n) is 9.83. The van der Waals surface area contributed by atoms with Gasteiger partial charge in [0.05, 0.1) is 12.7 Å². The van der Waals surface area contributed by atoms with Gasteiger partial charge in [0.1, 0.15) is 5.75 Å². The lowest BCUT2D eigenvalue weighted by Gasteiger charge is -2.13. The molecule has 0 unspecified atom stereocenters. The normalized spacial score (nSPS) is 9.97. The molecular weight excluding hydrogens is 442 g/mol. The van der Waals surface area contributed by atoms with Crippen LogP contribution < -0.4 is 20.9 Å². The van der Waals surface area contributed by atoms with Gasteiger partial charge in [-0.1, -0.05) is 54.6 Å². The standard InChI is InChI=1S/C24H21N3O5S/c1-31-23(30)18-11-7-10-17(14-18)22(29)25-24(33)27-26-21(28)15-32-20-13-6-5-12-19(20)16-8-3-2-4-9-16/h2-14H,15H2,1H3,(H,26,28)(H2,25,27,29,33). The fourth-order valence-corrected chi connectivity index (χ4v) is 3.01. The highest BCUT2D eigenvalue weighted by atomic mass is 32.1. The van der Waals surface area contributed by atoms with Gasteiger partial charge in [-0.25, -0.2) is 4.79 Å². The van der Waals surface area contributed by atoms with Crippen LogP contribution in [0.2, 0.25) is 0 Å². The van der Waals surface area contributed by atoms with Crippen molar-refractivity contribution in [2.45, 2.75) is 0 Å². The second kappa shape index (κ2) is 11.4. The van der Waals surface area contributed by atoms with E-state index in [1.165, 1.54) is 25.3 Å². The Morgan fingerprint density at radius 2 is 1.55 bits per heavy atom. The number of carbonyl (C=O) groups is 3. The molecule has 3 aromatic carbocycles. The molecule has 0 aliphatic heterocycles. The third kappa shape index (κ3) is 6.62. The van der Waals surface area contributed by atoms with Crippen molar-refractivity contribution in [3.8, 4) is 16.9 Å². The number of ether oxygens (including phenoxy) is 2. The lowest BCUT2D eigenvalue weighted by Crippen LogP contribution is -2.49. The molecule has 0 saturated heterocycles. The summed E-state index contributed by atoms with van der Waals surface area (Å²) < 4.78 is 10.3. The summed E-state index contributed by atoms with van der Waals surface area (Å²) in [5.74, 6) is -1.06. The van der Waals surface area contributed by atoms with Gasteiger partial charge in [0.2, 0.25) is 0 Å². The van der Waals surface area contributed by atoms with Crippen LogP contribution in [0, 0.1) is 0 Å². The van der Waals surface area contributed by atoms with Crippen molar-refractivity contribution in [2.75, 3.05) is 13.7 Å². The number of carbonyl (C=O) groups excluding carboxylic acids is 3. The highest BCUT2D eigenvalue weighted by Gasteiger charge is 2.13. The fraction of sp³-hybridized carbons (Fsp3) is 0.0833. The molecule has 0 fully saturated rings. The van der Waals surface area contributed by atoms with Crippen molar-refractivity contribution in [3.05, 3.63) is 90.0 Å². The van der Waals surface area contributed by atoms with E-state index in [2.05, 4.69) is 20.9 Å². The highest BCUT2D eigenvalue weighted by molar-refractivity contribution is 7.80. The van der Waals surface area contributed by atoms with E-state index < -0.39 is 17.8 Å². The number of benzene rings is 3. The summed E-state index contributed by atoms with van der Waals surface area (Å²) >= 11 is 5.03. The average molecular weight is 464 g/mol. The van der Waals surface area contributed by atoms with Crippen LogP contribution in [-0.2, 0) is 9.53 Å². The van der Waals surface area contributed by atoms with Crippen molar-refractivity contribution in [3.63, 3.8) is 0 Å². The van der Waals surface area contributed by atoms with Gasteiger partial charge in [-0.15, -0.1) is 0 Å². The maximum absolute atomic E-state index is 12.3. The smallest absolute Gasteiger partial charge is 0.337 e. The van der Waals surface area contributed by atoms with E-state index >= 15 is 0 Å². The molecule has 0 aliphatic carbocycles. The van der Waals surface area contributed by atoms with Crippen LogP contribution in [0.5, 0.6) is 5.75 Å². The number of rotatable bonds is 6. The van der Waals surface area contributed by atoms with Crippen molar-refractivity contribution >= 4 is 35.1 Å². The first-order valence-corrected chi connectivity index (χ1v) is 10.2. The molecule has 0 heterocycles. The van der Waals surface area contributed by atoms with Crippen LogP contribution in [0.3, 0.4) is 0 Å². The predicted octanol–water partition coefficient (Wildman–Crippen LogP) is 2.85. The summed E-state index contributed by atoms with van der Waals surface area (Å²) in [5, 5.41) is 2.29. The third-order valence-electron chi connectivity index (χ3n) is 4.42. The van der Waals surface area contributed by atoms with E-state index in [0.29, 0.717) is 5.75 Å². The van der Waals surface area contributed by atoms with Crippen LogP contribution in [-0.4, -0.2) is 36.6 Å². The Morgan fingerprint density at radius 1 is 0.848 bits per heavy atom. The molecule has 33 heavy (non-hydrogen) atoms. The van der Waals surface area contributed by atoms with Gasteiger partial charge >= 0.3 is 5.97 Å². The van der Waals surface area contributed by atoms with Gasteiger partial charge < -0.3 is 9.47 Å². The first kappa shape index (κ1) is 23.4. The van der Waals surface area contributed by atoms with Crippen molar-refractivity contribution < 1.29 is 23.9 Å². The van der Waals surface area contributed by atoms with E-state index in [0.717, 1.165) is 11.1 Å². The number of hydrogen-bond donors (Lipinski definition) is 3. The Balaban J connectivity index is 1.49. The van der Waals surface area contributed by atoms with Gasteiger partial charge in [0.15, 0.2) is 11.7 Å². The minimum atomic E-state index is -0.563. The summed E-state index contributed by atoms with van der Waals surface area (Å²) in [5.41, 5.74) is 7.06. The number of amides is 2. The number of nitrogens with one attached hydrogen (secondary N) is 3. The Hall–Kier alpha value is -4.24. The van der Waals surface area contributed by atoms with Gasteiger partial charge in [0, 0.05) is 11.1 Å². The summed E-state index contributed by atoms with van der Waals surface area (Å²) in [7, 11) is 1.25. The largest absolute Gasteiger partial charge is 0.483 e. The average Bonchev–Trinajstić information content (AvgIpc) is 2.86. The van der Waals surface area contributed by atoms with Crippen LogP contribution >= 0.6 is 12.2 Å². The summed E-state index contributed by atoms with van der Waals surface area (Å²) in [6, 6.07) is 23.0. The maximum atomic E-state index is 12.3. The van der Waals surface area contributed by atoms with Gasteiger partial charge in [0.25, 0.3) is 11.8 Å². The molecule has 3 rings (SSSR count). The molecule has 9 heteroatoms. The molecular formula is C24H21N3O5S. The van der Waals surface area contributed by atoms with Crippen molar-refractivity contribution in [1.29, 1.82) is 0 Å². The van der Waals surface area contributed by atoms with Crippen LogP contribution in [0.1, 0.15) is 20.7 Å². The minimum Gasteiger partial charge on any atom is -0.483 e. The molecule has 0 aliphatic rings. The Labute approximate surface area is 195 Å². The molecule has 3 aromatic rings. The van der Waals surface area contributed by atoms with E-state index in [1.54, 1.807) is 12.1 Å². The lowest BCUT2D eigenvalue weighted by molar-refractivity contribution is -0.123. The fourth-order valence-electron chi connectivity index (χ4n) is 2.87. The molecule has 168 valence electrons. The second-order valence-corrected chi connectivity index (χ2v) is 7.09. The van der Waals surface area contributed by atoms with E-state index in [1.807, 2.05) is 48.5 Å². The molecule has 2 amide bonds. The zero-order valence-corrected chi connectivity index (χ0v) is 18.5. The maximum Gasteiger partial charge on any atom is 0.337 e. The van der Waals surface area contributed by atoms with Gasteiger partial charge in [-0.2, -0.15) is 0 Å². The number of esters is 1. The summed E-state index contributed by atoms with van der Waals surface area (Å²) in [6.07, 6.45) is 0. The zero-order valence-electron chi connectivity index (χ0n) is 17.7. The summed E-state index contributed by atoms with van der Waals surface area (Å²) in [4.78, 5) is 36.1. The lowest BCUT2D eigenvalue weighted by atomic mass is 10.1. The predicted molar refractivity (Wildman–Crippen MR) is 126 cm³/mol. The molecule has 0 radical (unpaired) electrons. The molecule has 0 aromatic heterocycles. The van der Waals surface area contributed by atoms with E-state index in [9.17, 15) is 14.4 Å². The molecule has 0 saturated carbocycles. The van der Waals surface area contributed by atoms with Gasteiger partial charge in [-0.05, 0) is 42.0 Å². The van der Waals surface area contributed by atoms with Gasteiger partial charge in [-0.3, -0.25) is 25.8 Å². The molecule has 0 spiro atoms. The van der Waals surface area contributed by atoms with E-state index in [-0.39, 0.29) is 22.8 Å². The highest BCUT2D eigenvalue weighted by Crippen LogP contribution is 2.29. The quantitative estimate of drug-likeness (QED) is 0.293. The first-order chi connectivity index (χ1) is 16.0. The van der Waals surface area contributed by atoms with Crippen LogP contribution in [0.25, 0.3) is 11.1 Å². The zero-order chi connectivity index (χ0) is 23.6.